The van der Waals surface area contributed by atoms with Crippen molar-refractivity contribution in [3.63, 3.8) is 0 Å². The molecule has 2 aromatic rings. The maximum absolute atomic E-state index is 9.64. The van der Waals surface area contributed by atoms with Gasteiger partial charge in [-0.2, -0.15) is 0 Å². The van der Waals surface area contributed by atoms with Gasteiger partial charge >= 0.3 is 0 Å². The van der Waals surface area contributed by atoms with Gasteiger partial charge in [0.15, 0.2) is 0 Å². The minimum absolute atomic E-state index is 0.679. The molecule has 0 aliphatic heterocycles. The molecule has 0 unspecified atom stereocenters. The zero-order chi connectivity index (χ0) is 10.5. The Morgan fingerprint density at radius 1 is 1.13 bits per heavy atom. The van der Waals surface area contributed by atoms with Crippen LogP contribution in [0.2, 0.25) is 0 Å². The van der Waals surface area contributed by atoms with Crippen molar-refractivity contribution in [2.24, 2.45) is 0 Å². The largest absolute Gasteiger partial charge is 0.472 e. The number of aliphatic hydroxyl groups excluding tert-OH is 1. The molecule has 0 spiro atoms. The van der Waals surface area contributed by atoms with Gasteiger partial charge in [0.25, 0.3) is 0 Å². The number of benzene rings is 1. The molecule has 1 aromatic heterocycles. The Balaban J connectivity index is 2.13. The normalized spacial score (nSPS) is 11.5. The van der Waals surface area contributed by atoms with Crippen molar-refractivity contribution in [3.8, 4) is 11.8 Å². The van der Waals surface area contributed by atoms with Crippen molar-refractivity contribution < 1.29 is 9.52 Å². The van der Waals surface area contributed by atoms with E-state index in [1.807, 2.05) is 30.3 Å². The predicted molar refractivity (Wildman–Crippen MR) is 57.0 cm³/mol. The van der Waals surface area contributed by atoms with Crippen LogP contribution in [0.15, 0.2) is 53.3 Å². The van der Waals surface area contributed by atoms with Crippen LogP contribution < -0.4 is 0 Å². The quantitative estimate of drug-likeness (QED) is 0.713. The Bertz CT molecular complexity index is 460. The number of furan rings is 1. The second-order valence-electron chi connectivity index (χ2n) is 3.09. The van der Waals surface area contributed by atoms with E-state index in [-0.39, 0.29) is 0 Å². The fraction of sp³-hybridized carbons (Fsp3) is 0.0769. The minimum Gasteiger partial charge on any atom is -0.472 e. The molecule has 2 nitrogen and oxygen atoms in total. The Labute approximate surface area is 88.2 Å². The third kappa shape index (κ3) is 2.49. The molecular weight excluding hydrogens is 188 g/mol. The summed E-state index contributed by atoms with van der Waals surface area (Å²) in [6.07, 6.45) is 2.22. The van der Waals surface area contributed by atoms with Crippen LogP contribution in [0.3, 0.4) is 0 Å². The van der Waals surface area contributed by atoms with Crippen LogP contribution >= 0.6 is 0 Å². The topological polar surface area (TPSA) is 33.4 Å². The number of hydrogen-bond acceptors (Lipinski definition) is 2. The van der Waals surface area contributed by atoms with Gasteiger partial charge in [0, 0.05) is 11.1 Å². The van der Waals surface area contributed by atoms with Crippen LogP contribution in [0.5, 0.6) is 0 Å². The van der Waals surface area contributed by atoms with Gasteiger partial charge in [0.05, 0.1) is 12.5 Å². The first kappa shape index (κ1) is 9.57. The molecule has 1 atom stereocenters. The summed E-state index contributed by atoms with van der Waals surface area (Å²) in [6.45, 7) is 0. The average Bonchev–Trinajstić information content (AvgIpc) is 2.81. The summed E-state index contributed by atoms with van der Waals surface area (Å²) in [5, 5.41) is 9.64. The van der Waals surface area contributed by atoms with Gasteiger partial charge in [-0.15, -0.1) is 0 Å². The molecule has 0 radical (unpaired) electrons. The van der Waals surface area contributed by atoms with E-state index in [1.54, 1.807) is 6.07 Å². The molecule has 1 aromatic carbocycles. The van der Waals surface area contributed by atoms with E-state index in [9.17, 15) is 5.11 Å². The highest BCUT2D eigenvalue weighted by Crippen LogP contribution is 2.11. The zero-order valence-corrected chi connectivity index (χ0v) is 8.05. The second-order valence-corrected chi connectivity index (χ2v) is 3.09. The monoisotopic (exact) mass is 198 g/mol. The lowest BCUT2D eigenvalue weighted by atomic mass is 10.2. The van der Waals surface area contributed by atoms with E-state index >= 15 is 0 Å². The first-order chi connectivity index (χ1) is 7.36. The lowest BCUT2D eigenvalue weighted by Crippen LogP contribution is -1.90. The Morgan fingerprint density at radius 2 is 1.93 bits per heavy atom. The van der Waals surface area contributed by atoms with E-state index in [2.05, 4.69) is 11.8 Å². The van der Waals surface area contributed by atoms with Crippen LogP contribution in [-0.2, 0) is 0 Å². The van der Waals surface area contributed by atoms with Crippen molar-refractivity contribution in [2.75, 3.05) is 0 Å². The van der Waals surface area contributed by atoms with Gasteiger partial charge in [-0.3, -0.25) is 0 Å². The molecule has 0 bridgehead atoms. The third-order valence-corrected chi connectivity index (χ3v) is 1.99. The molecule has 74 valence electrons. The van der Waals surface area contributed by atoms with Gasteiger partial charge in [0.2, 0.25) is 0 Å². The zero-order valence-electron chi connectivity index (χ0n) is 8.05. The molecular formula is C13H10O2. The van der Waals surface area contributed by atoms with Crippen LogP contribution in [-0.4, -0.2) is 5.11 Å². The van der Waals surface area contributed by atoms with E-state index in [0.29, 0.717) is 5.56 Å². The summed E-state index contributed by atoms with van der Waals surface area (Å²) in [4.78, 5) is 0. The van der Waals surface area contributed by atoms with Crippen molar-refractivity contribution in [2.45, 2.75) is 6.10 Å². The number of rotatable bonds is 1. The lowest BCUT2D eigenvalue weighted by molar-refractivity contribution is 0.237. The van der Waals surface area contributed by atoms with E-state index in [0.717, 1.165) is 5.56 Å². The summed E-state index contributed by atoms with van der Waals surface area (Å²) in [6, 6.07) is 11.2. The average molecular weight is 198 g/mol. The van der Waals surface area contributed by atoms with Crippen molar-refractivity contribution >= 4 is 0 Å². The van der Waals surface area contributed by atoms with Gasteiger partial charge in [0.1, 0.15) is 6.10 Å². The molecule has 0 amide bonds. The first-order valence-corrected chi connectivity index (χ1v) is 4.63. The molecule has 1 heterocycles. The molecule has 0 aliphatic rings. The smallest absolute Gasteiger partial charge is 0.143 e. The number of aliphatic hydroxyl groups is 1. The van der Waals surface area contributed by atoms with Crippen LogP contribution in [0.25, 0.3) is 0 Å². The molecule has 15 heavy (non-hydrogen) atoms. The predicted octanol–water partition coefficient (Wildman–Crippen LogP) is 2.36. The maximum atomic E-state index is 9.64. The van der Waals surface area contributed by atoms with Gasteiger partial charge in [-0.05, 0) is 18.2 Å². The molecule has 2 heteroatoms. The highest BCUT2D eigenvalue weighted by Gasteiger charge is 2.03. The Kier molecular flexibility index (Phi) is 2.87. The Morgan fingerprint density at radius 3 is 2.60 bits per heavy atom. The van der Waals surface area contributed by atoms with Crippen LogP contribution in [0.4, 0.5) is 0 Å². The van der Waals surface area contributed by atoms with E-state index < -0.39 is 6.10 Å². The maximum Gasteiger partial charge on any atom is 0.143 e. The van der Waals surface area contributed by atoms with Gasteiger partial charge in [-0.1, -0.05) is 30.0 Å². The fourth-order valence-corrected chi connectivity index (χ4v) is 1.19. The third-order valence-electron chi connectivity index (χ3n) is 1.99. The fourth-order valence-electron chi connectivity index (χ4n) is 1.19. The summed E-state index contributed by atoms with van der Waals surface area (Å²) in [5.41, 5.74) is 1.57. The molecule has 2 rings (SSSR count). The minimum atomic E-state index is -0.788. The molecule has 0 fully saturated rings. The SMILES string of the molecule is O[C@@H](C#Cc1ccccc1)c1ccoc1. The molecule has 0 saturated carbocycles. The van der Waals surface area contributed by atoms with Crippen molar-refractivity contribution in [1.29, 1.82) is 0 Å². The van der Waals surface area contributed by atoms with E-state index in [1.165, 1.54) is 12.5 Å². The van der Waals surface area contributed by atoms with Gasteiger partial charge in [-0.25, -0.2) is 0 Å². The number of hydrogen-bond donors (Lipinski definition) is 1. The first-order valence-electron chi connectivity index (χ1n) is 4.63. The van der Waals surface area contributed by atoms with Crippen molar-refractivity contribution in [3.05, 3.63) is 60.1 Å². The van der Waals surface area contributed by atoms with Crippen LogP contribution in [0.1, 0.15) is 17.2 Å². The van der Waals surface area contributed by atoms with Gasteiger partial charge < -0.3 is 9.52 Å². The summed E-state index contributed by atoms with van der Waals surface area (Å²) in [7, 11) is 0. The highest BCUT2D eigenvalue weighted by molar-refractivity contribution is 5.35. The summed E-state index contributed by atoms with van der Waals surface area (Å²) < 4.78 is 4.86. The highest BCUT2D eigenvalue weighted by atomic mass is 16.3. The molecule has 1 N–H and O–H groups in total. The molecule has 0 saturated heterocycles. The summed E-state index contributed by atoms with van der Waals surface area (Å²) >= 11 is 0. The van der Waals surface area contributed by atoms with E-state index in [4.69, 9.17) is 4.42 Å². The molecule has 0 aliphatic carbocycles. The van der Waals surface area contributed by atoms with Crippen molar-refractivity contribution in [1.82, 2.24) is 0 Å². The standard InChI is InChI=1S/C13H10O2/c14-13(12-8-9-15-10-12)7-6-11-4-2-1-3-5-11/h1-5,8-10,13-14H/t13-/m0/s1. The Hall–Kier alpha value is -1.98. The second kappa shape index (κ2) is 4.50. The van der Waals surface area contributed by atoms with Crippen LogP contribution in [0, 0.1) is 11.8 Å². The summed E-state index contributed by atoms with van der Waals surface area (Å²) in [5.74, 6) is 5.64. The lowest BCUT2D eigenvalue weighted by Gasteiger charge is -1.96.